The average Bonchev–Trinajstić information content (AvgIpc) is 3.38. The average molecular weight is 1020 g/mol. The number of esters is 1. The number of allylic oxidation sites excluding steroid dienone is 2. The zero-order valence-electron chi connectivity index (χ0n) is 48.9. The third-order valence-electron chi connectivity index (χ3n) is 15.6. The fourth-order valence-corrected chi connectivity index (χ4v) is 10.5. The Morgan fingerprint density at radius 1 is 0.375 bits per heavy atom. The van der Waals surface area contributed by atoms with Crippen molar-refractivity contribution >= 4 is 11.9 Å². The van der Waals surface area contributed by atoms with Crippen molar-refractivity contribution in [3.05, 3.63) is 12.2 Å². The van der Waals surface area contributed by atoms with Gasteiger partial charge in [0.25, 0.3) is 0 Å². The van der Waals surface area contributed by atoms with Crippen molar-refractivity contribution in [2.75, 3.05) is 13.2 Å². The van der Waals surface area contributed by atoms with E-state index in [-0.39, 0.29) is 18.5 Å². The second-order valence-electron chi connectivity index (χ2n) is 22.8. The van der Waals surface area contributed by atoms with Gasteiger partial charge in [-0.1, -0.05) is 321 Å². The maximum atomic E-state index is 12.5. The van der Waals surface area contributed by atoms with Crippen LogP contribution < -0.4 is 5.32 Å². The summed E-state index contributed by atoms with van der Waals surface area (Å²) in [6.45, 7) is 4.97. The Morgan fingerprint density at radius 2 is 0.653 bits per heavy atom. The first-order chi connectivity index (χ1) is 35.5. The highest BCUT2D eigenvalue weighted by Gasteiger charge is 2.20. The summed E-state index contributed by atoms with van der Waals surface area (Å²) in [5, 5.41) is 23.4. The van der Waals surface area contributed by atoms with Crippen LogP contribution in [0.15, 0.2) is 12.2 Å². The summed E-state index contributed by atoms with van der Waals surface area (Å²) in [5.74, 6) is -0.0389. The molecule has 0 aliphatic rings. The Morgan fingerprint density at radius 3 is 0.986 bits per heavy atom. The number of ether oxygens (including phenoxy) is 1. The fraction of sp³-hybridized carbons (Fsp3) is 0.939. The monoisotopic (exact) mass is 1020 g/mol. The first-order valence-corrected chi connectivity index (χ1v) is 32.9. The zero-order valence-corrected chi connectivity index (χ0v) is 48.9. The summed E-state index contributed by atoms with van der Waals surface area (Å²) in [6, 6.07) is -0.552. The summed E-state index contributed by atoms with van der Waals surface area (Å²) in [6.07, 6.45) is 75.2. The van der Waals surface area contributed by atoms with Gasteiger partial charge in [0.2, 0.25) is 5.91 Å². The van der Waals surface area contributed by atoms with E-state index in [1.54, 1.807) is 0 Å². The quantitative estimate of drug-likeness (QED) is 0.0320. The topological polar surface area (TPSA) is 95.9 Å². The molecule has 0 saturated heterocycles. The lowest BCUT2D eigenvalue weighted by Gasteiger charge is -2.22. The van der Waals surface area contributed by atoms with E-state index in [4.69, 9.17) is 4.74 Å². The molecule has 0 aromatic rings. The van der Waals surface area contributed by atoms with Gasteiger partial charge < -0.3 is 20.3 Å². The molecule has 6 nitrogen and oxygen atoms in total. The van der Waals surface area contributed by atoms with E-state index in [0.29, 0.717) is 25.9 Å². The van der Waals surface area contributed by atoms with Crippen LogP contribution in [0.4, 0.5) is 0 Å². The standard InChI is InChI=1S/C66H129NO5/c1-3-5-7-9-11-13-15-17-18-19-20-21-22-23-24-25-28-31-35-38-42-46-50-54-58-64(69)63(62-68)67-65(70)59-55-51-47-43-39-36-32-29-26-27-30-33-37-41-45-49-53-57-61-72-66(71)60-56-52-48-44-40-34-16-14-12-10-8-6-4-2/h29,32,63-64,68-69H,3-28,30-31,33-62H2,1-2H3,(H,67,70)/b32-29-. The summed E-state index contributed by atoms with van der Waals surface area (Å²) in [7, 11) is 0. The summed E-state index contributed by atoms with van der Waals surface area (Å²) in [5.41, 5.74) is 0. The molecule has 0 radical (unpaired) electrons. The maximum absolute atomic E-state index is 12.5. The van der Waals surface area contributed by atoms with Gasteiger partial charge in [0.15, 0.2) is 0 Å². The third kappa shape index (κ3) is 57.9. The molecule has 428 valence electrons. The van der Waals surface area contributed by atoms with E-state index in [1.807, 2.05) is 0 Å². The van der Waals surface area contributed by atoms with Gasteiger partial charge in [0.1, 0.15) is 0 Å². The van der Waals surface area contributed by atoms with Gasteiger partial charge >= 0.3 is 5.97 Å². The number of aliphatic hydroxyl groups is 2. The molecule has 0 aliphatic heterocycles. The molecule has 0 rings (SSSR count). The molecule has 0 heterocycles. The number of hydrogen-bond donors (Lipinski definition) is 3. The largest absolute Gasteiger partial charge is 0.466 e. The lowest BCUT2D eigenvalue weighted by atomic mass is 10.0. The van der Waals surface area contributed by atoms with E-state index >= 15 is 0 Å². The lowest BCUT2D eigenvalue weighted by Crippen LogP contribution is -2.45. The van der Waals surface area contributed by atoms with Crippen LogP contribution in [0.1, 0.15) is 373 Å². The molecule has 0 saturated carbocycles. The normalized spacial score (nSPS) is 12.6. The van der Waals surface area contributed by atoms with Crippen LogP contribution in [0.5, 0.6) is 0 Å². The molecule has 0 spiro atoms. The highest BCUT2D eigenvalue weighted by molar-refractivity contribution is 5.76. The number of hydrogen-bond acceptors (Lipinski definition) is 5. The van der Waals surface area contributed by atoms with Crippen molar-refractivity contribution in [1.29, 1.82) is 0 Å². The Hall–Kier alpha value is -1.40. The lowest BCUT2D eigenvalue weighted by molar-refractivity contribution is -0.143. The van der Waals surface area contributed by atoms with Crippen molar-refractivity contribution in [2.24, 2.45) is 0 Å². The van der Waals surface area contributed by atoms with Crippen LogP contribution in [-0.2, 0) is 14.3 Å². The smallest absolute Gasteiger partial charge is 0.305 e. The van der Waals surface area contributed by atoms with Gasteiger partial charge in [-0.05, 0) is 51.4 Å². The number of nitrogens with one attached hydrogen (secondary N) is 1. The zero-order chi connectivity index (χ0) is 52.2. The molecule has 0 bridgehead atoms. The minimum atomic E-state index is -0.674. The first kappa shape index (κ1) is 70.6. The molecule has 0 aliphatic carbocycles. The van der Waals surface area contributed by atoms with Crippen molar-refractivity contribution in [3.8, 4) is 0 Å². The van der Waals surface area contributed by atoms with Crippen LogP contribution in [-0.4, -0.2) is 47.4 Å². The number of rotatable bonds is 62. The fourth-order valence-electron chi connectivity index (χ4n) is 10.5. The van der Waals surface area contributed by atoms with Crippen molar-refractivity contribution in [2.45, 2.75) is 386 Å². The predicted molar refractivity (Wildman–Crippen MR) is 315 cm³/mol. The molecule has 2 unspecified atom stereocenters. The molecule has 3 N–H and O–H groups in total. The number of aliphatic hydroxyl groups excluding tert-OH is 2. The van der Waals surface area contributed by atoms with Crippen LogP contribution in [0.25, 0.3) is 0 Å². The molecule has 1 amide bonds. The summed E-state index contributed by atoms with van der Waals surface area (Å²) < 4.78 is 5.48. The van der Waals surface area contributed by atoms with Gasteiger partial charge in [0.05, 0.1) is 25.4 Å². The summed E-state index contributed by atoms with van der Waals surface area (Å²) >= 11 is 0. The van der Waals surface area contributed by atoms with Crippen LogP contribution in [0.3, 0.4) is 0 Å². The van der Waals surface area contributed by atoms with Crippen molar-refractivity contribution in [1.82, 2.24) is 5.32 Å². The number of unbranched alkanes of at least 4 members (excludes halogenated alkanes) is 49. The SMILES string of the molecule is CCCCCCCCCCCCCCCCCCCCCCCCCCC(O)C(CO)NC(=O)CCCCCCC/C=C\CCCCCCCCCCCOC(=O)CCCCCCCCCCCCCCC. The molecular weight excluding hydrogens is 887 g/mol. The molecule has 72 heavy (non-hydrogen) atoms. The second kappa shape index (κ2) is 62.1. The number of carbonyl (C=O) groups excluding carboxylic acids is 2. The van der Waals surface area contributed by atoms with E-state index in [9.17, 15) is 19.8 Å². The van der Waals surface area contributed by atoms with Gasteiger partial charge in [-0.15, -0.1) is 0 Å². The van der Waals surface area contributed by atoms with Crippen LogP contribution in [0, 0.1) is 0 Å². The Labute approximate surface area is 450 Å². The number of carbonyl (C=O) groups is 2. The minimum Gasteiger partial charge on any atom is -0.466 e. The van der Waals surface area contributed by atoms with Gasteiger partial charge in [-0.3, -0.25) is 9.59 Å². The van der Waals surface area contributed by atoms with E-state index < -0.39 is 12.1 Å². The highest BCUT2D eigenvalue weighted by Crippen LogP contribution is 2.18. The first-order valence-electron chi connectivity index (χ1n) is 32.9. The van der Waals surface area contributed by atoms with Crippen molar-refractivity contribution < 1.29 is 24.5 Å². The van der Waals surface area contributed by atoms with Gasteiger partial charge in [-0.2, -0.15) is 0 Å². The second-order valence-corrected chi connectivity index (χ2v) is 22.8. The Kier molecular flexibility index (Phi) is 60.9. The van der Waals surface area contributed by atoms with Crippen LogP contribution >= 0.6 is 0 Å². The highest BCUT2D eigenvalue weighted by atomic mass is 16.5. The molecule has 6 heteroatoms. The molecule has 0 fully saturated rings. The van der Waals surface area contributed by atoms with E-state index in [2.05, 4.69) is 31.3 Å². The van der Waals surface area contributed by atoms with Crippen LogP contribution in [0.2, 0.25) is 0 Å². The van der Waals surface area contributed by atoms with E-state index in [1.165, 1.54) is 283 Å². The Bertz CT molecular complexity index is 1080. The maximum Gasteiger partial charge on any atom is 0.305 e. The van der Waals surface area contributed by atoms with Gasteiger partial charge in [0, 0.05) is 12.8 Å². The molecule has 0 aromatic heterocycles. The molecule has 2 atom stereocenters. The van der Waals surface area contributed by atoms with E-state index in [0.717, 1.165) is 57.8 Å². The Balaban J connectivity index is 3.43. The minimum absolute atomic E-state index is 0.00569. The third-order valence-corrected chi connectivity index (χ3v) is 15.6. The van der Waals surface area contributed by atoms with Crippen molar-refractivity contribution in [3.63, 3.8) is 0 Å². The summed E-state index contributed by atoms with van der Waals surface area (Å²) in [4.78, 5) is 24.6. The molecular formula is C66H129NO5. The molecule has 0 aromatic carbocycles. The van der Waals surface area contributed by atoms with Gasteiger partial charge in [-0.25, -0.2) is 0 Å². The predicted octanol–water partition coefficient (Wildman–Crippen LogP) is 20.8. The number of amides is 1.